The highest BCUT2D eigenvalue weighted by Crippen LogP contribution is 2.40. The second-order valence-electron chi connectivity index (χ2n) is 10.9. The number of aliphatic hydroxyl groups excluding tert-OH is 1. The van der Waals surface area contributed by atoms with Crippen LogP contribution in [0.1, 0.15) is 41.3 Å². The molecule has 41 heavy (non-hydrogen) atoms. The van der Waals surface area contributed by atoms with Crippen molar-refractivity contribution in [1.82, 2.24) is 15.1 Å². The highest BCUT2D eigenvalue weighted by Gasteiger charge is 2.45. The van der Waals surface area contributed by atoms with Crippen LogP contribution in [0.2, 0.25) is 5.02 Å². The molecule has 4 rings (SSSR count). The van der Waals surface area contributed by atoms with Gasteiger partial charge in [-0.05, 0) is 37.0 Å². The van der Waals surface area contributed by atoms with E-state index in [2.05, 4.69) is 17.1 Å². The van der Waals surface area contributed by atoms with E-state index in [9.17, 15) is 14.7 Å². The molecule has 4 N–H and O–H groups in total. The molecule has 3 aromatic rings. The summed E-state index contributed by atoms with van der Waals surface area (Å²) in [6.07, 6.45) is 0.244. The van der Waals surface area contributed by atoms with Crippen LogP contribution in [-0.4, -0.2) is 79.2 Å². The number of likely N-dealkylation sites (tertiary alicyclic amines) is 1. The first-order chi connectivity index (χ1) is 19.6. The zero-order valence-electron chi connectivity index (χ0n) is 24.0. The molecule has 1 saturated heterocycles. The molecule has 2 amide bonds. The van der Waals surface area contributed by atoms with Crippen LogP contribution in [0, 0.1) is 0 Å². The summed E-state index contributed by atoms with van der Waals surface area (Å²) in [6, 6.07) is 22.3. The summed E-state index contributed by atoms with van der Waals surface area (Å²) in [4.78, 5) is 31.0. The Morgan fingerprint density at radius 3 is 2.22 bits per heavy atom. The zero-order chi connectivity index (χ0) is 29.7. The van der Waals surface area contributed by atoms with Gasteiger partial charge in [0.15, 0.2) is 0 Å². The maximum Gasteiger partial charge on any atom is 0.255 e. The highest BCUT2D eigenvalue weighted by molar-refractivity contribution is 6.33. The number of hydrogen-bond donors (Lipinski definition) is 3. The summed E-state index contributed by atoms with van der Waals surface area (Å²) >= 11 is 6.15. The van der Waals surface area contributed by atoms with Crippen molar-refractivity contribution < 1.29 is 19.4 Å². The maximum absolute atomic E-state index is 14.0. The number of aliphatic hydroxyl groups is 1. The van der Waals surface area contributed by atoms with E-state index >= 15 is 0 Å². The van der Waals surface area contributed by atoms with Crippen LogP contribution in [0.4, 0.5) is 5.69 Å². The molecule has 0 bridgehead atoms. The van der Waals surface area contributed by atoms with Crippen LogP contribution in [0.25, 0.3) is 0 Å². The van der Waals surface area contributed by atoms with Crippen molar-refractivity contribution in [1.29, 1.82) is 0 Å². The van der Waals surface area contributed by atoms with Gasteiger partial charge in [0.1, 0.15) is 11.2 Å². The molecule has 0 radical (unpaired) electrons. The van der Waals surface area contributed by atoms with Crippen LogP contribution in [-0.2, 0) is 10.2 Å². The Bertz CT molecular complexity index is 1310. The van der Waals surface area contributed by atoms with Crippen molar-refractivity contribution in [3.63, 3.8) is 0 Å². The summed E-state index contributed by atoms with van der Waals surface area (Å²) in [5, 5.41) is 14.3. The van der Waals surface area contributed by atoms with Crippen molar-refractivity contribution in [2.24, 2.45) is 0 Å². The number of likely N-dealkylation sites (N-methyl/N-ethyl adjacent to an activating group) is 1. The summed E-state index contributed by atoms with van der Waals surface area (Å²) in [7, 11) is 5.03. The van der Waals surface area contributed by atoms with E-state index in [0.29, 0.717) is 37.4 Å². The monoisotopic (exact) mass is 578 g/mol. The molecular weight excluding hydrogens is 540 g/mol. The van der Waals surface area contributed by atoms with Crippen LogP contribution < -0.4 is 15.8 Å². The van der Waals surface area contributed by atoms with Gasteiger partial charge >= 0.3 is 0 Å². The predicted molar refractivity (Wildman–Crippen MR) is 162 cm³/mol. The predicted octanol–water partition coefficient (Wildman–Crippen LogP) is 3.95. The Kier molecular flexibility index (Phi) is 9.58. The van der Waals surface area contributed by atoms with Gasteiger partial charge in [0.25, 0.3) is 5.91 Å². The van der Waals surface area contributed by atoms with Gasteiger partial charge in [0.05, 0.1) is 35.5 Å². The van der Waals surface area contributed by atoms with E-state index in [1.807, 2.05) is 60.7 Å². The number of piperidine rings is 1. The van der Waals surface area contributed by atoms with Gasteiger partial charge in [-0.2, -0.15) is 0 Å². The summed E-state index contributed by atoms with van der Waals surface area (Å²) in [6.45, 7) is 3.08. The van der Waals surface area contributed by atoms with E-state index in [0.717, 1.165) is 11.1 Å². The summed E-state index contributed by atoms with van der Waals surface area (Å²) in [5.74, 6) is -0.0766. The number of halogens is 1. The highest BCUT2D eigenvalue weighted by atomic mass is 35.5. The minimum absolute atomic E-state index is 0.000513. The number of nitrogen functional groups attached to an aromatic ring is 1. The number of anilines is 1. The third kappa shape index (κ3) is 6.35. The fraction of sp³-hybridized carbons (Fsp3) is 0.375. The Labute approximate surface area is 247 Å². The zero-order valence-corrected chi connectivity index (χ0v) is 24.8. The molecule has 1 heterocycles. The average molecular weight is 579 g/mol. The normalized spacial score (nSPS) is 18.4. The molecule has 1 unspecified atom stereocenters. The van der Waals surface area contributed by atoms with Crippen LogP contribution in [0.15, 0.2) is 72.8 Å². The molecule has 0 aromatic heterocycles. The van der Waals surface area contributed by atoms with Gasteiger partial charge in [-0.3, -0.25) is 14.5 Å². The van der Waals surface area contributed by atoms with Crippen molar-refractivity contribution in [2.45, 2.75) is 43.4 Å². The molecule has 1 aliphatic heterocycles. The molecule has 0 spiro atoms. The third-order valence-electron chi connectivity index (χ3n) is 8.02. The van der Waals surface area contributed by atoms with Crippen LogP contribution >= 0.6 is 11.6 Å². The lowest BCUT2D eigenvalue weighted by Crippen LogP contribution is -2.57. The van der Waals surface area contributed by atoms with E-state index in [1.54, 1.807) is 19.0 Å². The molecule has 218 valence electrons. The van der Waals surface area contributed by atoms with Crippen LogP contribution in [0.3, 0.4) is 0 Å². The van der Waals surface area contributed by atoms with E-state index in [4.69, 9.17) is 22.1 Å². The quantitative estimate of drug-likeness (QED) is 0.332. The Morgan fingerprint density at radius 2 is 1.71 bits per heavy atom. The molecule has 8 nitrogen and oxygen atoms in total. The average Bonchev–Trinajstić information content (AvgIpc) is 2.98. The third-order valence-corrected chi connectivity index (χ3v) is 8.35. The first kappa shape index (κ1) is 30.4. The number of methoxy groups -OCH3 is 1. The van der Waals surface area contributed by atoms with Crippen molar-refractivity contribution in [2.75, 3.05) is 40.0 Å². The number of hydrogen-bond acceptors (Lipinski definition) is 6. The number of carbonyl (C=O) groups excluding carboxylic acids is 2. The van der Waals surface area contributed by atoms with E-state index in [1.165, 1.54) is 19.2 Å². The van der Waals surface area contributed by atoms with Gasteiger partial charge in [-0.1, -0.05) is 72.3 Å². The smallest absolute Gasteiger partial charge is 0.255 e. The van der Waals surface area contributed by atoms with Gasteiger partial charge in [0, 0.05) is 39.3 Å². The molecule has 0 saturated carbocycles. The number of nitrogens with zero attached hydrogens (tertiary/aromatic N) is 2. The Balaban J connectivity index is 1.55. The minimum Gasteiger partial charge on any atom is -0.496 e. The lowest BCUT2D eigenvalue weighted by atomic mass is 9.69. The number of benzene rings is 3. The van der Waals surface area contributed by atoms with Crippen molar-refractivity contribution in [3.8, 4) is 5.75 Å². The lowest BCUT2D eigenvalue weighted by molar-refractivity contribution is -0.134. The number of β-amino-alcohol motifs (C(OH)–C–C–N with tert-alkyl or cyclic N) is 1. The Hall–Kier alpha value is -3.59. The summed E-state index contributed by atoms with van der Waals surface area (Å²) in [5.41, 5.74) is 7.37. The molecule has 1 aliphatic rings. The van der Waals surface area contributed by atoms with E-state index < -0.39 is 23.5 Å². The molecular formula is C32H39ClN4O4. The van der Waals surface area contributed by atoms with Gasteiger partial charge < -0.3 is 25.8 Å². The van der Waals surface area contributed by atoms with Crippen LogP contribution in [0.5, 0.6) is 5.75 Å². The number of ether oxygens (including phenoxy) is 1. The van der Waals surface area contributed by atoms with Crippen molar-refractivity contribution >= 4 is 29.1 Å². The standard InChI is InChI=1S/C32H39ClN4O4/c1-21(19-32(31(40)36(2)3,22-11-7-5-8-12-22)23-13-9-6-10-14-23)37-16-15-27(28(38)20-37)35-30(39)24-17-25(33)26(34)18-29(24)41-4/h5-14,17-18,21,27-28,38H,15-16,19-20,34H2,1-4H3,(H,35,39)/t21?,27-,28+/m1/s1. The van der Waals surface area contributed by atoms with Gasteiger partial charge in [-0.15, -0.1) is 0 Å². The molecule has 1 fully saturated rings. The molecule has 0 aliphatic carbocycles. The number of carbonyl (C=O) groups is 2. The van der Waals surface area contributed by atoms with E-state index in [-0.39, 0.29) is 22.5 Å². The second kappa shape index (κ2) is 12.9. The molecule has 9 heteroatoms. The molecule has 3 aromatic carbocycles. The lowest BCUT2D eigenvalue weighted by Gasteiger charge is -2.44. The first-order valence-electron chi connectivity index (χ1n) is 13.8. The number of amides is 2. The largest absolute Gasteiger partial charge is 0.496 e. The van der Waals surface area contributed by atoms with Gasteiger partial charge in [-0.25, -0.2) is 0 Å². The Morgan fingerprint density at radius 1 is 1.12 bits per heavy atom. The fourth-order valence-electron chi connectivity index (χ4n) is 5.82. The second-order valence-corrected chi connectivity index (χ2v) is 11.3. The molecule has 3 atom stereocenters. The number of nitrogens with two attached hydrogens (primary N) is 1. The number of nitrogens with one attached hydrogen (secondary N) is 1. The topological polar surface area (TPSA) is 108 Å². The minimum atomic E-state index is -0.910. The van der Waals surface area contributed by atoms with Gasteiger partial charge in [0.2, 0.25) is 5.91 Å². The summed E-state index contributed by atoms with van der Waals surface area (Å²) < 4.78 is 5.32. The fourth-order valence-corrected chi connectivity index (χ4v) is 5.99. The SMILES string of the molecule is COc1cc(N)c(Cl)cc1C(=O)N[C@@H]1CCN(C(C)CC(C(=O)N(C)C)(c2ccccc2)c2ccccc2)C[C@@H]1O. The van der Waals surface area contributed by atoms with Crippen molar-refractivity contribution in [3.05, 3.63) is 94.5 Å². The number of rotatable bonds is 9. The first-order valence-corrected chi connectivity index (χ1v) is 14.1. The maximum atomic E-state index is 14.0.